The fourth-order valence-electron chi connectivity index (χ4n) is 1.64. The summed E-state index contributed by atoms with van der Waals surface area (Å²) in [6, 6.07) is 3.14. The minimum absolute atomic E-state index is 0.0283. The molecule has 0 amide bonds. The molecule has 5 nitrogen and oxygen atoms in total. The van der Waals surface area contributed by atoms with Gasteiger partial charge in [0.25, 0.3) is 0 Å². The van der Waals surface area contributed by atoms with Crippen molar-refractivity contribution >= 4 is 17.3 Å². The number of halogens is 3. The van der Waals surface area contributed by atoms with Crippen LogP contribution in [-0.2, 0) is 0 Å². The van der Waals surface area contributed by atoms with E-state index in [1.807, 2.05) is 13.8 Å². The van der Waals surface area contributed by atoms with Gasteiger partial charge in [-0.15, -0.1) is 0 Å². The molecule has 1 heterocycles. The number of rotatable bonds is 4. The molecule has 21 heavy (non-hydrogen) atoms. The van der Waals surface area contributed by atoms with Crippen LogP contribution in [0.3, 0.4) is 0 Å². The Morgan fingerprint density at radius 2 is 1.57 bits per heavy atom. The van der Waals surface area contributed by atoms with Crippen molar-refractivity contribution in [1.29, 1.82) is 0 Å². The highest BCUT2D eigenvalue weighted by molar-refractivity contribution is 5.59. The average Bonchev–Trinajstić information content (AvgIpc) is 2.44. The van der Waals surface area contributed by atoms with Crippen molar-refractivity contribution in [3.8, 4) is 0 Å². The van der Waals surface area contributed by atoms with Crippen molar-refractivity contribution in [2.24, 2.45) is 5.84 Å². The monoisotopic (exact) mass is 297 g/mol. The van der Waals surface area contributed by atoms with Gasteiger partial charge in [0.1, 0.15) is 17.5 Å². The number of aromatic nitrogens is 2. The number of nitrogen functional groups attached to an aromatic ring is 1. The molecule has 1 aromatic carbocycles. The summed E-state index contributed by atoms with van der Waals surface area (Å²) in [4.78, 5) is 8.35. The first-order valence-electron chi connectivity index (χ1n) is 6.18. The summed E-state index contributed by atoms with van der Waals surface area (Å²) in [6.45, 7) is 3.77. The third-order valence-corrected chi connectivity index (χ3v) is 2.66. The van der Waals surface area contributed by atoms with Crippen molar-refractivity contribution in [3.63, 3.8) is 0 Å². The summed E-state index contributed by atoms with van der Waals surface area (Å²) in [7, 11) is 0. The van der Waals surface area contributed by atoms with Crippen LogP contribution < -0.4 is 16.6 Å². The minimum Gasteiger partial charge on any atom is -0.340 e. The van der Waals surface area contributed by atoms with Crippen molar-refractivity contribution in [1.82, 2.24) is 9.97 Å². The van der Waals surface area contributed by atoms with Crippen LogP contribution in [0.15, 0.2) is 18.2 Å². The van der Waals surface area contributed by atoms with E-state index in [-0.39, 0.29) is 17.4 Å². The Morgan fingerprint density at radius 3 is 2.10 bits per heavy atom. The van der Waals surface area contributed by atoms with Gasteiger partial charge in [-0.1, -0.05) is 13.8 Å². The van der Waals surface area contributed by atoms with Crippen LogP contribution in [0.1, 0.15) is 25.6 Å². The molecule has 0 aliphatic carbocycles. The van der Waals surface area contributed by atoms with Crippen molar-refractivity contribution in [2.45, 2.75) is 19.8 Å². The van der Waals surface area contributed by atoms with E-state index in [1.54, 1.807) is 0 Å². The second kappa shape index (κ2) is 5.96. The lowest BCUT2D eigenvalue weighted by molar-refractivity contribution is 0.448. The summed E-state index contributed by atoms with van der Waals surface area (Å²) in [5.74, 6) is 2.38. The third kappa shape index (κ3) is 3.40. The molecular weight excluding hydrogens is 283 g/mol. The number of hydrazine groups is 1. The molecule has 0 bridgehead atoms. The van der Waals surface area contributed by atoms with Gasteiger partial charge >= 0.3 is 0 Å². The van der Waals surface area contributed by atoms with Crippen molar-refractivity contribution in [2.75, 3.05) is 10.7 Å². The van der Waals surface area contributed by atoms with Crippen molar-refractivity contribution in [3.05, 3.63) is 41.5 Å². The zero-order valence-electron chi connectivity index (χ0n) is 11.4. The maximum Gasteiger partial charge on any atom is 0.194 e. The Hall–Kier alpha value is -2.35. The largest absolute Gasteiger partial charge is 0.340 e. The van der Waals surface area contributed by atoms with E-state index in [9.17, 15) is 13.2 Å². The van der Waals surface area contributed by atoms with Gasteiger partial charge in [0.05, 0.1) is 0 Å². The molecular formula is C13H14F3N5. The van der Waals surface area contributed by atoms with Crippen molar-refractivity contribution < 1.29 is 13.2 Å². The maximum atomic E-state index is 13.2. The third-order valence-electron chi connectivity index (χ3n) is 2.66. The standard InChI is InChI=1S/C13H14F3N5/c1-6(2)13-19-10(5-11(20-13)21-17)18-7-3-8(14)12(16)9(15)4-7/h3-6H,17H2,1-2H3,(H2,18,19,20,21). The molecule has 0 aliphatic heterocycles. The molecule has 0 unspecified atom stereocenters. The molecule has 0 atom stereocenters. The first-order valence-corrected chi connectivity index (χ1v) is 6.18. The highest BCUT2D eigenvalue weighted by atomic mass is 19.2. The highest BCUT2D eigenvalue weighted by Gasteiger charge is 2.12. The van der Waals surface area contributed by atoms with E-state index < -0.39 is 17.5 Å². The fourth-order valence-corrected chi connectivity index (χ4v) is 1.64. The second-order valence-corrected chi connectivity index (χ2v) is 4.67. The van der Waals surface area contributed by atoms with E-state index in [1.165, 1.54) is 6.07 Å². The molecule has 2 rings (SSSR count). The molecule has 4 N–H and O–H groups in total. The molecule has 0 saturated carbocycles. The zero-order valence-corrected chi connectivity index (χ0v) is 11.4. The van der Waals surface area contributed by atoms with Crippen LogP contribution in [0.25, 0.3) is 0 Å². The number of nitrogens with two attached hydrogens (primary N) is 1. The topological polar surface area (TPSA) is 75.9 Å². The van der Waals surface area contributed by atoms with Crippen LogP contribution in [0.5, 0.6) is 0 Å². The van der Waals surface area contributed by atoms with Crippen LogP contribution in [-0.4, -0.2) is 9.97 Å². The SMILES string of the molecule is CC(C)c1nc(NN)cc(Nc2cc(F)c(F)c(F)c2)n1. The number of anilines is 3. The quantitative estimate of drug-likeness (QED) is 0.459. The predicted octanol–water partition coefficient (Wildman–Crippen LogP) is 3.05. The van der Waals surface area contributed by atoms with E-state index in [0.717, 1.165) is 12.1 Å². The van der Waals surface area contributed by atoms with Gasteiger partial charge in [0.15, 0.2) is 17.5 Å². The maximum absolute atomic E-state index is 13.2. The fraction of sp³-hybridized carbons (Fsp3) is 0.231. The van der Waals surface area contributed by atoms with Gasteiger partial charge in [-0.3, -0.25) is 0 Å². The number of nitrogens with one attached hydrogen (secondary N) is 2. The summed E-state index contributed by atoms with van der Waals surface area (Å²) < 4.78 is 39.3. The number of nitrogens with zero attached hydrogens (tertiary/aromatic N) is 2. The minimum atomic E-state index is -1.52. The number of hydrogen-bond donors (Lipinski definition) is 3. The summed E-state index contributed by atoms with van der Waals surface area (Å²) in [5, 5.41) is 2.69. The zero-order chi connectivity index (χ0) is 15.6. The van der Waals surface area contributed by atoms with E-state index >= 15 is 0 Å². The Labute approximate surface area is 119 Å². The van der Waals surface area contributed by atoms with Gasteiger partial charge in [-0.05, 0) is 0 Å². The first kappa shape index (κ1) is 15.0. The lowest BCUT2D eigenvalue weighted by atomic mass is 10.2. The van der Waals surface area contributed by atoms with E-state index in [4.69, 9.17) is 5.84 Å². The average molecular weight is 297 g/mol. The Kier molecular flexibility index (Phi) is 4.27. The summed E-state index contributed by atoms with van der Waals surface area (Å²) >= 11 is 0. The summed E-state index contributed by atoms with van der Waals surface area (Å²) in [6.07, 6.45) is 0. The highest BCUT2D eigenvalue weighted by Crippen LogP contribution is 2.23. The molecule has 0 saturated heterocycles. The molecule has 8 heteroatoms. The summed E-state index contributed by atoms with van der Waals surface area (Å²) in [5.41, 5.74) is 2.41. The van der Waals surface area contributed by atoms with Gasteiger partial charge in [0, 0.05) is 29.8 Å². The first-order chi connectivity index (χ1) is 9.90. The van der Waals surface area contributed by atoms with Gasteiger partial charge in [-0.2, -0.15) is 0 Å². The molecule has 0 aliphatic rings. The molecule has 112 valence electrons. The smallest absolute Gasteiger partial charge is 0.194 e. The van der Waals surface area contributed by atoms with Crippen LogP contribution in [0.2, 0.25) is 0 Å². The normalized spacial score (nSPS) is 10.8. The number of benzene rings is 1. The molecule has 0 spiro atoms. The lowest BCUT2D eigenvalue weighted by Gasteiger charge is -2.11. The van der Waals surface area contributed by atoms with Crippen LogP contribution >= 0.6 is 0 Å². The Bertz CT molecular complexity index is 637. The lowest BCUT2D eigenvalue weighted by Crippen LogP contribution is -2.12. The molecule has 1 aromatic heterocycles. The van der Waals surface area contributed by atoms with E-state index in [2.05, 4.69) is 20.7 Å². The van der Waals surface area contributed by atoms with Gasteiger partial charge in [0.2, 0.25) is 0 Å². The molecule has 2 aromatic rings. The molecule has 0 fully saturated rings. The Morgan fingerprint density at radius 1 is 1.00 bits per heavy atom. The van der Waals surface area contributed by atoms with Crippen LogP contribution in [0, 0.1) is 17.5 Å². The molecule has 0 radical (unpaired) electrons. The second-order valence-electron chi connectivity index (χ2n) is 4.67. The van der Waals surface area contributed by atoms with Gasteiger partial charge < -0.3 is 10.7 Å². The number of hydrogen-bond acceptors (Lipinski definition) is 5. The predicted molar refractivity (Wildman–Crippen MR) is 73.5 cm³/mol. The van der Waals surface area contributed by atoms with Gasteiger partial charge in [-0.25, -0.2) is 29.0 Å². The Balaban J connectivity index is 2.37. The van der Waals surface area contributed by atoms with Crippen LogP contribution in [0.4, 0.5) is 30.5 Å². The van der Waals surface area contributed by atoms with E-state index in [0.29, 0.717) is 11.6 Å².